The second-order valence-electron chi connectivity index (χ2n) is 8.11. The SMILES string of the molecule is CC[C@@H](NC(=O)c1cc(C(=O)N2CCCC2C)n2c1COCC2)c1ncccc1OC. The molecule has 2 aromatic heterocycles. The number of nitrogens with one attached hydrogen (secondary N) is 1. The summed E-state index contributed by atoms with van der Waals surface area (Å²) in [4.78, 5) is 32.9. The lowest BCUT2D eigenvalue weighted by molar-refractivity contribution is 0.0683. The summed E-state index contributed by atoms with van der Waals surface area (Å²) in [5, 5.41) is 3.08. The van der Waals surface area contributed by atoms with Crippen molar-refractivity contribution in [2.75, 3.05) is 20.3 Å². The minimum absolute atomic E-state index is 0.00867. The van der Waals surface area contributed by atoms with Gasteiger partial charge in [0.2, 0.25) is 0 Å². The Morgan fingerprint density at radius 3 is 2.94 bits per heavy atom. The summed E-state index contributed by atoms with van der Waals surface area (Å²) in [7, 11) is 1.59. The van der Waals surface area contributed by atoms with E-state index in [1.165, 1.54) is 0 Å². The van der Waals surface area contributed by atoms with Gasteiger partial charge in [-0.15, -0.1) is 0 Å². The molecular formula is C23H30N4O4. The van der Waals surface area contributed by atoms with E-state index >= 15 is 0 Å². The molecule has 0 bridgehead atoms. The van der Waals surface area contributed by atoms with Crippen molar-refractivity contribution in [3.8, 4) is 5.75 Å². The third kappa shape index (κ3) is 4.04. The Morgan fingerprint density at radius 2 is 2.23 bits per heavy atom. The highest BCUT2D eigenvalue weighted by Crippen LogP contribution is 2.28. The standard InChI is InChI=1S/C23H30N4O4/c1-4-17(21-20(30-3)8-5-9-24-21)25-22(28)16-13-18(27-11-12-31-14-19(16)27)23(29)26-10-6-7-15(26)2/h5,8-9,13,15,17H,4,6-7,10-12,14H2,1-3H3,(H,25,28)/t15?,17-/m1/s1. The third-order valence-electron chi connectivity index (χ3n) is 6.25. The topological polar surface area (TPSA) is 85.7 Å². The molecule has 1 N–H and O–H groups in total. The molecule has 0 spiro atoms. The summed E-state index contributed by atoms with van der Waals surface area (Å²) < 4.78 is 13.0. The van der Waals surface area contributed by atoms with E-state index in [4.69, 9.17) is 9.47 Å². The number of amides is 2. The van der Waals surface area contributed by atoms with E-state index in [1.54, 1.807) is 25.4 Å². The van der Waals surface area contributed by atoms with E-state index in [2.05, 4.69) is 17.2 Å². The molecule has 31 heavy (non-hydrogen) atoms. The minimum atomic E-state index is -0.304. The van der Waals surface area contributed by atoms with Crippen LogP contribution in [0, 0.1) is 0 Å². The molecule has 8 nitrogen and oxygen atoms in total. The van der Waals surface area contributed by atoms with Crippen molar-refractivity contribution >= 4 is 11.8 Å². The molecule has 1 fully saturated rings. The van der Waals surface area contributed by atoms with Gasteiger partial charge in [0.1, 0.15) is 17.1 Å². The molecule has 2 aromatic rings. The molecule has 2 aliphatic rings. The molecule has 2 amide bonds. The van der Waals surface area contributed by atoms with Crippen LogP contribution in [0.3, 0.4) is 0 Å². The fourth-order valence-electron chi connectivity index (χ4n) is 4.52. The lowest BCUT2D eigenvalue weighted by atomic mass is 10.1. The summed E-state index contributed by atoms with van der Waals surface area (Å²) in [6.07, 6.45) is 4.37. The normalized spacial score (nSPS) is 19.1. The maximum atomic E-state index is 13.3. The Bertz CT molecular complexity index is 970. The van der Waals surface area contributed by atoms with Crippen LogP contribution >= 0.6 is 0 Å². The van der Waals surface area contributed by atoms with Crippen LogP contribution in [0.2, 0.25) is 0 Å². The molecule has 4 rings (SSSR count). The Balaban J connectivity index is 1.63. The maximum Gasteiger partial charge on any atom is 0.270 e. The smallest absolute Gasteiger partial charge is 0.270 e. The lowest BCUT2D eigenvalue weighted by Crippen LogP contribution is -2.35. The molecule has 2 aliphatic heterocycles. The Morgan fingerprint density at radius 1 is 1.39 bits per heavy atom. The fourth-order valence-corrected chi connectivity index (χ4v) is 4.52. The fraction of sp³-hybridized carbons (Fsp3) is 0.522. The van der Waals surface area contributed by atoms with E-state index in [1.807, 2.05) is 22.5 Å². The average Bonchev–Trinajstić information content (AvgIpc) is 3.40. The zero-order valence-corrected chi connectivity index (χ0v) is 18.4. The molecular weight excluding hydrogens is 396 g/mol. The number of ether oxygens (including phenoxy) is 2. The van der Waals surface area contributed by atoms with Crippen molar-refractivity contribution in [1.29, 1.82) is 0 Å². The van der Waals surface area contributed by atoms with Gasteiger partial charge in [0, 0.05) is 25.3 Å². The number of likely N-dealkylation sites (tertiary alicyclic amines) is 1. The Hall–Kier alpha value is -2.87. The zero-order chi connectivity index (χ0) is 22.0. The first kappa shape index (κ1) is 21.4. The summed E-state index contributed by atoms with van der Waals surface area (Å²) in [5.41, 5.74) is 2.50. The number of carbonyl (C=O) groups is 2. The van der Waals surface area contributed by atoms with Gasteiger partial charge in [-0.2, -0.15) is 0 Å². The number of pyridine rings is 1. The first-order chi connectivity index (χ1) is 15.0. The van der Waals surface area contributed by atoms with Crippen LogP contribution in [0.15, 0.2) is 24.4 Å². The van der Waals surface area contributed by atoms with E-state index in [-0.39, 0.29) is 23.9 Å². The number of hydrogen-bond acceptors (Lipinski definition) is 5. The summed E-state index contributed by atoms with van der Waals surface area (Å²) in [6.45, 7) is 6.23. The van der Waals surface area contributed by atoms with E-state index in [9.17, 15) is 9.59 Å². The minimum Gasteiger partial charge on any atom is -0.495 e. The van der Waals surface area contributed by atoms with Crippen molar-refractivity contribution in [1.82, 2.24) is 19.8 Å². The molecule has 0 aromatic carbocycles. The summed E-state index contributed by atoms with van der Waals surface area (Å²) in [5.74, 6) is 0.392. The van der Waals surface area contributed by atoms with E-state index in [0.29, 0.717) is 48.9 Å². The first-order valence-corrected chi connectivity index (χ1v) is 11.0. The average molecular weight is 427 g/mol. The molecule has 1 unspecified atom stereocenters. The Kier molecular flexibility index (Phi) is 6.27. The van der Waals surface area contributed by atoms with Crippen LogP contribution in [-0.2, 0) is 17.9 Å². The third-order valence-corrected chi connectivity index (χ3v) is 6.25. The van der Waals surface area contributed by atoms with E-state index < -0.39 is 0 Å². The van der Waals surface area contributed by atoms with Gasteiger partial charge >= 0.3 is 0 Å². The van der Waals surface area contributed by atoms with Crippen LogP contribution in [0.4, 0.5) is 0 Å². The zero-order valence-electron chi connectivity index (χ0n) is 18.4. The van der Waals surface area contributed by atoms with Gasteiger partial charge in [-0.05, 0) is 44.4 Å². The van der Waals surface area contributed by atoms with Crippen molar-refractivity contribution < 1.29 is 19.1 Å². The summed E-state index contributed by atoms with van der Waals surface area (Å²) >= 11 is 0. The number of nitrogens with zero attached hydrogens (tertiary/aromatic N) is 3. The Labute approximate surface area is 182 Å². The highest BCUT2D eigenvalue weighted by Gasteiger charge is 2.32. The van der Waals surface area contributed by atoms with Crippen molar-refractivity contribution in [3.63, 3.8) is 0 Å². The molecule has 0 saturated carbocycles. The largest absolute Gasteiger partial charge is 0.495 e. The first-order valence-electron chi connectivity index (χ1n) is 11.0. The predicted octanol–water partition coefficient (Wildman–Crippen LogP) is 2.93. The van der Waals surface area contributed by atoms with Gasteiger partial charge in [0.15, 0.2) is 0 Å². The van der Waals surface area contributed by atoms with Crippen molar-refractivity contribution in [3.05, 3.63) is 47.0 Å². The van der Waals surface area contributed by atoms with Crippen LogP contribution in [0.1, 0.15) is 71.4 Å². The lowest BCUT2D eigenvalue weighted by Gasteiger charge is -2.24. The van der Waals surface area contributed by atoms with Crippen molar-refractivity contribution in [2.24, 2.45) is 0 Å². The number of carbonyl (C=O) groups excluding carboxylic acids is 2. The predicted molar refractivity (Wildman–Crippen MR) is 115 cm³/mol. The van der Waals surface area contributed by atoms with Crippen LogP contribution in [0.5, 0.6) is 5.75 Å². The van der Waals surface area contributed by atoms with Crippen LogP contribution < -0.4 is 10.1 Å². The second-order valence-corrected chi connectivity index (χ2v) is 8.11. The van der Waals surface area contributed by atoms with Gasteiger partial charge in [0.05, 0.1) is 37.6 Å². The van der Waals surface area contributed by atoms with Crippen LogP contribution in [-0.4, -0.2) is 52.6 Å². The molecule has 2 atom stereocenters. The molecule has 0 radical (unpaired) electrons. The quantitative estimate of drug-likeness (QED) is 0.768. The number of hydrogen-bond donors (Lipinski definition) is 1. The second kappa shape index (κ2) is 9.09. The van der Waals surface area contributed by atoms with Gasteiger partial charge in [0.25, 0.3) is 11.8 Å². The molecule has 1 saturated heterocycles. The molecule has 166 valence electrons. The van der Waals surface area contributed by atoms with Gasteiger partial charge < -0.3 is 24.3 Å². The number of fused-ring (bicyclic) bond motifs is 1. The maximum absolute atomic E-state index is 13.3. The summed E-state index contributed by atoms with van der Waals surface area (Å²) in [6, 6.07) is 5.28. The number of methoxy groups -OCH3 is 1. The number of aromatic nitrogens is 2. The van der Waals surface area contributed by atoms with Gasteiger partial charge in [-0.25, -0.2) is 0 Å². The van der Waals surface area contributed by atoms with Gasteiger partial charge in [-0.1, -0.05) is 6.92 Å². The highest BCUT2D eigenvalue weighted by atomic mass is 16.5. The molecule has 0 aliphatic carbocycles. The van der Waals surface area contributed by atoms with Gasteiger partial charge in [-0.3, -0.25) is 14.6 Å². The highest BCUT2D eigenvalue weighted by molar-refractivity contribution is 6.01. The monoisotopic (exact) mass is 426 g/mol. The molecule has 4 heterocycles. The molecule has 8 heteroatoms. The van der Waals surface area contributed by atoms with Crippen LogP contribution in [0.25, 0.3) is 0 Å². The van der Waals surface area contributed by atoms with Crippen molar-refractivity contribution in [2.45, 2.75) is 58.3 Å². The van der Waals surface area contributed by atoms with E-state index in [0.717, 1.165) is 25.1 Å². The number of rotatable bonds is 6.